The van der Waals surface area contributed by atoms with Gasteiger partial charge in [-0.05, 0) is 50.6 Å². The number of carbonyl (C=O) groups excluding carboxylic acids is 1. The first-order valence-corrected chi connectivity index (χ1v) is 9.20. The summed E-state index contributed by atoms with van der Waals surface area (Å²) < 4.78 is 2.30. The molecule has 3 heterocycles. The Balaban J connectivity index is 1.38. The highest BCUT2D eigenvalue weighted by molar-refractivity contribution is 5.83. The number of piperidine rings is 1. The second-order valence-corrected chi connectivity index (χ2v) is 8.00. The third-order valence-electron chi connectivity index (χ3n) is 6.19. The molecular weight excluding hydrogens is 320 g/mol. The summed E-state index contributed by atoms with van der Waals surface area (Å²) in [6, 6.07) is -0.00994. The van der Waals surface area contributed by atoms with Crippen molar-refractivity contribution in [1.29, 1.82) is 0 Å². The summed E-state index contributed by atoms with van der Waals surface area (Å²) in [5.74, 6) is -0.997. The number of nitrogens with zero attached hydrogens (tertiary/aromatic N) is 4. The molecule has 1 aromatic rings. The van der Waals surface area contributed by atoms with Gasteiger partial charge >= 0.3 is 5.97 Å². The van der Waals surface area contributed by atoms with Crippen LogP contribution >= 0.6 is 0 Å². The van der Waals surface area contributed by atoms with Gasteiger partial charge in [0.1, 0.15) is 6.04 Å². The number of carboxylic acids is 1. The lowest BCUT2D eigenvalue weighted by Gasteiger charge is -2.39. The summed E-state index contributed by atoms with van der Waals surface area (Å²) >= 11 is 0. The molecule has 2 aliphatic heterocycles. The average Bonchev–Trinajstić information content (AvgIpc) is 3.19. The summed E-state index contributed by atoms with van der Waals surface area (Å²) in [6.07, 6.45) is 8.92. The Kier molecular flexibility index (Phi) is 4.06. The third kappa shape index (κ3) is 3.17. The zero-order valence-corrected chi connectivity index (χ0v) is 14.7. The normalized spacial score (nSPS) is 26.3. The number of carbonyl (C=O) groups is 2. The van der Waals surface area contributed by atoms with E-state index in [0.717, 1.165) is 32.5 Å². The standard InChI is InChI=1S/C18H26N4O3/c1-13(23)21-11-18(8-16(21)17(24)25)4-6-20(7-5-18)10-15-9-19-12-22(15)14-2-3-14/h9,12,14,16H,2-8,10-11H2,1H3,(H,24,25)/t16-/m1/s1. The van der Waals surface area contributed by atoms with Crippen molar-refractivity contribution in [3.8, 4) is 0 Å². The molecule has 1 N–H and O–H groups in total. The van der Waals surface area contributed by atoms with Gasteiger partial charge in [0.25, 0.3) is 0 Å². The van der Waals surface area contributed by atoms with E-state index in [1.165, 1.54) is 25.5 Å². The highest BCUT2D eigenvalue weighted by Crippen LogP contribution is 2.44. The number of carboxylic acid groups (broad SMARTS) is 1. The van der Waals surface area contributed by atoms with Crippen LogP contribution in [0.1, 0.15) is 50.8 Å². The first-order valence-electron chi connectivity index (χ1n) is 9.20. The van der Waals surface area contributed by atoms with Crippen molar-refractivity contribution in [3.63, 3.8) is 0 Å². The van der Waals surface area contributed by atoms with Crippen LogP contribution in [0.2, 0.25) is 0 Å². The topological polar surface area (TPSA) is 78.7 Å². The molecule has 2 saturated heterocycles. The van der Waals surface area contributed by atoms with Gasteiger partial charge in [-0.3, -0.25) is 9.69 Å². The first-order chi connectivity index (χ1) is 12.0. The van der Waals surface area contributed by atoms with Crippen molar-refractivity contribution in [2.24, 2.45) is 5.41 Å². The summed E-state index contributed by atoms with van der Waals surface area (Å²) in [5, 5.41) is 9.44. The Labute approximate surface area is 147 Å². The molecule has 1 aliphatic carbocycles. The number of likely N-dealkylation sites (tertiary alicyclic amines) is 2. The smallest absolute Gasteiger partial charge is 0.326 e. The van der Waals surface area contributed by atoms with Crippen LogP contribution in [-0.2, 0) is 16.1 Å². The minimum Gasteiger partial charge on any atom is -0.480 e. The number of rotatable bonds is 4. The number of aromatic nitrogens is 2. The number of imidazole rings is 1. The molecule has 7 nitrogen and oxygen atoms in total. The van der Waals surface area contributed by atoms with Crippen LogP contribution in [-0.4, -0.2) is 62.0 Å². The van der Waals surface area contributed by atoms with Gasteiger partial charge in [0.05, 0.1) is 12.0 Å². The van der Waals surface area contributed by atoms with E-state index in [4.69, 9.17) is 0 Å². The average molecular weight is 346 g/mol. The van der Waals surface area contributed by atoms with Crippen LogP contribution < -0.4 is 0 Å². The molecule has 0 bridgehead atoms. The van der Waals surface area contributed by atoms with Crippen LogP contribution in [0.5, 0.6) is 0 Å². The molecule has 7 heteroatoms. The van der Waals surface area contributed by atoms with Gasteiger partial charge in [-0.25, -0.2) is 9.78 Å². The minimum absolute atomic E-state index is 0.0258. The molecular formula is C18H26N4O3. The predicted molar refractivity (Wildman–Crippen MR) is 90.9 cm³/mol. The summed E-state index contributed by atoms with van der Waals surface area (Å²) in [5.41, 5.74) is 1.25. The van der Waals surface area contributed by atoms with E-state index in [2.05, 4.69) is 14.5 Å². The number of hydrogen-bond acceptors (Lipinski definition) is 4. The van der Waals surface area contributed by atoms with Gasteiger partial charge in [0, 0.05) is 32.3 Å². The summed E-state index contributed by atoms with van der Waals surface area (Å²) in [7, 11) is 0. The van der Waals surface area contributed by atoms with Crippen molar-refractivity contribution in [2.45, 2.75) is 57.7 Å². The second-order valence-electron chi connectivity index (χ2n) is 8.00. The lowest BCUT2D eigenvalue weighted by atomic mass is 9.76. The van der Waals surface area contributed by atoms with Crippen molar-refractivity contribution in [3.05, 3.63) is 18.2 Å². The number of amides is 1. The summed E-state index contributed by atoms with van der Waals surface area (Å²) in [4.78, 5) is 31.6. The van der Waals surface area contributed by atoms with Gasteiger partial charge in [-0.2, -0.15) is 0 Å². The zero-order valence-electron chi connectivity index (χ0n) is 14.7. The van der Waals surface area contributed by atoms with E-state index in [9.17, 15) is 14.7 Å². The molecule has 25 heavy (non-hydrogen) atoms. The Morgan fingerprint density at radius 1 is 1.32 bits per heavy atom. The lowest BCUT2D eigenvalue weighted by molar-refractivity contribution is -0.147. The van der Waals surface area contributed by atoms with Gasteiger partial charge in [0.15, 0.2) is 0 Å². The maximum Gasteiger partial charge on any atom is 0.326 e. The monoisotopic (exact) mass is 346 g/mol. The van der Waals surface area contributed by atoms with Crippen LogP contribution in [0.15, 0.2) is 12.5 Å². The second kappa shape index (κ2) is 6.12. The van der Waals surface area contributed by atoms with Crippen LogP contribution in [0, 0.1) is 5.41 Å². The Hall–Kier alpha value is -1.89. The largest absolute Gasteiger partial charge is 0.480 e. The number of hydrogen-bond donors (Lipinski definition) is 1. The van der Waals surface area contributed by atoms with Crippen LogP contribution in [0.25, 0.3) is 0 Å². The molecule has 1 aromatic heterocycles. The molecule has 3 aliphatic rings. The van der Waals surface area contributed by atoms with Gasteiger partial charge in [-0.1, -0.05) is 0 Å². The molecule has 1 saturated carbocycles. The van der Waals surface area contributed by atoms with E-state index < -0.39 is 12.0 Å². The van der Waals surface area contributed by atoms with Crippen molar-refractivity contribution in [1.82, 2.24) is 19.4 Å². The Morgan fingerprint density at radius 3 is 2.60 bits per heavy atom. The number of aliphatic carboxylic acids is 1. The van der Waals surface area contributed by atoms with E-state index >= 15 is 0 Å². The molecule has 4 rings (SSSR count). The molecule has 0 aromatic carbocycles. The maximum atomic E-state index is 11.8. The van der Waals surface area contributed by atoms with E-state index in [-0.39, 0.29) is 11.3 Å². The summed E-state index contributed by atoms with van der Waals surface area (Å²) in [6.45, 7) is 4.88. The van der Waals surface area contributed by atoms with Gasteiger partial charge in [-0.15, -0.1) is 0 Å². The van der Waals surface area contributed by atoms with Gasteiger partial charge < -0.3 is 14.6 Å². The molecule has 136 valence electrons. The molecule has 0 radical (unpaired) electrons. The first kappa shape index (κ1) is 16.6. The molecule has 1 spiro atoms. The molecule has 1 atom stereocenters. The van der Waals surface area contributed by atoms with Crippen molar-refractivity contribution < 1.29 is 14.7 Å². The fraction of sp³-hybridized carbons (Fsp3) is 0.722. The fourth-order valence-corrected chi connectivity index (χ4v) is 4.52. The van der Waals surface area contributed by atoms with Crippen molar-refractivity contribution >= 4 is 11.9 Å². The van der Waals surface area contributed by atoms with Gasteiger partial charge in [0.2, 0.25) is 5.91 Å². The highest BCUT2D eigenvalue weighted by Gasteiger charge is 2.49. The van der Waals surface area contributed by atoms with Crippen LogP contribution in [0.3, 0.4) is 0 Å². The molecule has 1 amide bonds. The predicted octanol–water partition coefficient (Wildman–Crippen LogP) is 1.51. The SMILES string of the molecule is CC(=O)N1CC2(CCN(Cc3cncn3C3CC3)CC2)C[C@@H]1C(=O)O. The minimum atomic E-state index is -0.872. The third-order valence-corrected chi connectivity index (χ3v) is 6.19. The molecule has 0 unspecified atom stereocenters. The fourth-order valence-electron chi connectivity index (χ4n) is 4.52. The van der Waals surface area contributed by atoms with Crippen LogP contribution in [0.4, 0.5) is 0 Å². The quantitative estimate of drug-likeness (QED) is 0.894. The lowest BCUT2D eigenvalue weighted by Crippen LogP contribution is -2.42. The highest BCUT2D eigenvalue weighted by atomic mass is 16.4. The Bertz CT molecular complexity index is 650. The van der Waals surface area contributed by atoms with E-state index in [0.29, 0.717) is 19.0 Å². The zero-order chi connectivity index (χ0) is 17.6. The molecule has 3 fully saturated rings. The van der Waals surface area contributed by atoms with Crippen molar-refractivity contribution in [2.75, 3.05) is 19.6 Å². The maximum absolute atomic E-state index is 11.8. The Morgan fingerprint density at radius 2 is 2.04 bits per heavy atom. The van der Waals surface area contributed by atoms with E-state index in [1.54, 1.807) is 4.90 Å². The van der Waals surface area contributed by atoms with E-state index in [1.807, 2.05) is 12.5 Å².